The van der Waals surface area contributed by atoms with E-state index < -0.39 is 5.97 Å². The minimum absolute atomic E-state index is 0.0295. The summed E-state index contributed by atoms with van der Waals surface area (Å²) < 4.78 is 15.3. The fourth-order valence-electron chi connectivity index (χ4n) is 1.69. The van der Waals surface area contributed by atoms with Gasteiger partial charge in [-0.05, 0) is 31.0 Å². The Kier molecular flexibility index (Phi) is 4.71. The van der Waals surface area contributed by atoms with Crippen molar-refractivity contribution in [1.82, 2.24) is 0 Å². The van der Waals surface area contributed by atoms with E-state index in [1.165, 1.54) is 7.11 Å². The maximum absolute atomic E-state index is 10.8. The van der Waals surface area contributed by atoms with Gasteiger partial charge in [0.25, 0.3) is 0 Å². The predicted octanol–water partition coefficient (Wildman–Crippen LogP) is 1.56. The Bertz CT molecular complexity index is 465. The van der Waals surface area contributed by atoms with Crippen molar-refractivity contribution < 1.29 is 23.8 Å². The number of carbonyl (C=O) groups excluding carboxylic acids is 2. The molecule has 5 heteroatoms. The largest absolute Gasteiger partial charge is 0.493 e. The fraction of sp³-hybridized carbons (Fsp3) is 0.385. The third-order valence-corrected chi connectivity index (χ3v) is 2.70. The first-order valence-electron chi connectivity index (χ1n) is 5.38. The van der Waals surface area contributed by atoms with Crippen LogP contribution in [0.4, 0.5) is 0 Å². The summed E-state index contributed by atoms with van der Waals surface area (Å²) in [5, 5.41) is 0. The van der Waals surface area contributed by atoms with E-state index in [0.717, 1.165) is 11.1 Å². The predicted molar refractivity (Wildman–Crippen MR) is 64.9 cm³/mol. The van der Waals surface area contributed by atoms with Gasteiger partial charge in [0, 0.05) is 5.56 Å². The quantitative estimate of drug-likeness (QED) is 0.452. The second-order valence-electron chi connectivity index (χ2n) is 3.77. The van der Waals surface area contributed by atoms with Crippen LogP contribution in [0.2, 0.25) is 0 Å². The third kappa shape index (κ3) is 2.80. The zero-order chi connectivity index (χ0) is 13.7. The average molecular weight is 252 g/mol. The molecule has 0 aliphatic heterocycles. The number of ether oxygens (including phenoxy) is 3. The molecule has 0 unspecified atom stereocenters. The van der Waals surface area contributed by atoms with E-state index in [2.05, 4.69) is 0 Å². The second kappa shape index (κ2) is 6.05. The Morgan fingerprint density at radius 2 is 1.83 bits per heavy atom. The highest BCUT2D eigenvalue weighted by Gasteiger charge is 2.16. The normalized spacial score (nSPS) is 9.78. The molecular weight excluding hydrogens is 236 g/mol. The molecule has 0 aliphatic rings. The molecule has 0 aromatic heterocycles. The molecule has 1 aromatic rings. The van der Waals surface area contributed by atoms with Crippen molar-refractivity contribution in [3.05, 3.63) is 22.8 Å². The molecule has 0 saturated heterocycles. The first-order chi connectivity index (χ1) is 8.54. The van der Waals surface area contributed by atoms with E-state index in [1.807, 2.05) is 19.9 Å². The van der Waals surface area contributed by atoms with E-state index in [0.29, 0.717) is 17.1 Å². The number of carbonyl (C=O) groups is 2. The highest BCUT2D eigenvalue weighted by atomic mass is 16.5. The molecule has 0 radical (unpaired) electrons. The molecule has 1 aromatic carbocycles. The monoisotopic (exact) mass is 252 g/mol. The Hall–Kier alpha value is -2.04. The molecule has 0 heterocycles. The zero-order valence-electron chi connectivity index (χ0n) is 10.9. The summed E-state index contributed by atoms with van der Waals surface area (Å²) >= 11 is 0. The lowest BCUT2D eigenvalue weighted by molar-refractivity contribution is -0.149. The molecule has 0 atom stereocenters. The van der Waals surface area contributed by atoms with Crippen LogP contribution in [-0.2, 0) is 20.9 Å². The van der Waals surface area contributed by atoms with Gasteiger partial charge in [-0.2, -0.15) is 0 Å². The van der Waals surface area contributed by atoms with Gasteiger partial charge >= 0.3 is 5.97 Å². The molecule has 0 bridgehead atoms. The van der Waals surface area contributed by atoms with Crippen molar-refractivity contribution in [2.45, 2.75) is 20.5 Å². The van der Waals surface area contributed by atoms with Crippen LogP contribution in [0.15, 0.2) is 6.07 Å². The van der Waals surface area contributed by atoms with Crippen molar-refractivity contribution in [2.75, 3.05) is 14.2 Å². The van der Waals surface area contributed by atoms with E-state index in [-0.39, 0.29) is 12.9 Å². The molecule has 0 aliphatic carbocycles. The van der Waals surface area contributed by atoms with Gasteiger partial charge in [0.15, 0.2) is 11.5 Å². The van der Waals surface area contributed by atoms with Gasteiger partial charge in [-0.25, -0.2) is 4.79 Å². The lowest BCUT2D eigenvalue weighted by atomic mass is 10.0. The van der Waals surface area contributed by atoms with Crippen molar-refractivity contribution in [3.63, 3.8) is 0 Å². The van der Waals surface area contributed by atoms with Gasteiger partial charge < -0.3 is 14.2 Å². The van der Waals surface area contributed by atoms with Gasteiger partial charge in [-0.1, -0.05) is 0 Å². The maximum atomic E-state index is 10.8. The molecule has 5 nitrogen and oxygen atoms in total. The van der Waals surface area contributed by atoms with Crippen molar-refractivity contribution in [1.29, 1.82) is 0 Å². The van der Waals surface area contributed by atoms with E-state index in [4.69, 9.17) is 14.2 Å². The Morgan fingerprint density at radius 1 is 1.22 bits per heavy atom. The summed E-state index contributed by atoms with van der Waals surface area (Å²) in [6, 6.07) is 1.84. The molecule has 1 rings (SSSR count). The zero-order valence-corrected chi connectivity index (χ0v) is 10.9. The summed E-state index contributed by atoms with van der Waals surface area (Å²) in [6.45, 7) is 3.80. The van der Waals surface area contributed by atoms with E-state index in [9.17, 15) is 9.59 Å². The maximum Gasteiger partial charge on any atom is 0.371 e. The first kappa shape index (κ1) is 14.0. The van der Waals surface area contributed by atoms with Gasteiger partial charge in [0.2, 0.25) is 6.29 Å². The van der Waals surface area contributed by atoms with Crippen LogP contribution in [0.25, 0.3) is 0 Å². The van der Waals surface area contributed by atoms with Crippen LogP contribution < -0.4 is 9.47 Å². The standard InChI is InChI=1S/C13H16O5/c1-8-5-10(7-18-11(15)6-14)13(17-4)12(16-3)9(8)2/h5-6H,7H2,1-4H3. The smallest absolute Gasteiger partial charge is 0.371 e. The minimum atomic E-state index is -0.908. The second-order valence-corrected chi connectivity index (χ2v) is 3.77. The highest BCUT2D eigenvalue weighted by molar-refractivity contribution is 6.20. The Balaban J connectivity index is 3.14. The topological polar surface area (TPSA) is 61.8 Å². The Morgan fingerprint density at radius 3 is 2.33 bits per heavy atom. The van der Waals surface area contributed by atoms with Crippen LogP contribution in [-0.4, -0.2) is 26.5 Å². The fourth-order valence-corrected chi connectivity index (χ4v) is 1.69. The average Bonchev–Trinajstić information content (AvgIpc) is 2.38. The van der Waals surface area contributed by atoms with Gasteiger partial charge in [-0.3, -0.25) is 4.79 Å². The highest BCUT2D eigenvalue weighted by Crippen LogP contribution is 2.36. The molecule has 0 spiro atoms. The number of benzene rings is 1. The molecule has 0 saturated carbocycles. The molecular formula is C13H16O5. The molecule has 0 N–H and O–H groups in total. The lowest BCUT2D eigenvalue weighted by Gasteiger charge is -2.16. The van der Waals surface area contributed by atoms with Crippen molar-refractivity contribution in [3.8, 4) is 11.5 Å². The summed E-state index contributed by atoms with van der Waals surface area (Å²) in [7, 11) is 3.06. The van der Waals surface area contributed by atoms with Crippen molar-refractivity contribution in [2.24, 2.45) is 0 Å². The summed E-state index contributed by atoms with van der Waals surface area (Å²) in [6.07, 6.45) is 0.130. The Labute approximate surface area is 106 Å². The third-order valence-electron chi connectivity index (χ3n) is 2.70. The van der Waals surface area contributed by atoms with Gasteiger partial charge in [0.1, 0.15) is 6.61 Å². The molecule has 0 amide bonds. The SMILES string of the molecule is COc1c(COC(=O)C=O)cc(C)c(C)c1OC. The lowest BCUT2D eigenvalue weighted by Crippen LogP contribution is -2.07. The number of aryl methyl sites for hydroxylation is 1. The van der Waals surface area contributed by atoms with E-state index in [1.54, 1.807) is 7.11 Å². The summed E-state index contributed by atoms with van der Waals surface area (Å²) in [4.78, 5) is 21.0. The van der Waals surface area contributed by atoms with Crippen LogP contribution in [0.5, 0.6) is 11.5 Å². The van der Waals surface area contributed by atoms with Crippen LogP contribution in [0, 0.1) is 13.8 Å². The number of rotatable bonds is 5. The van der Waals surface area contributed by atoms with Crippen molar-refractivity contribution >= 4 is 12.3 Å². The molecule has 0 fully saturated rings. The minimum Gasteiger partial charge on any atom is -0.493 e. The van der Waals surface area contributed by atoms with E-state index >= 15 is 0 Å². The number of aldehydes is 1. The van der Waals surface area contributed by atoms with Crippen LogP contribution >= 0.6 is 0 Å². The number of hydrogen-bond donors (Lipinski definition) is 0. The summed E-state index contributed by atoms with van der Waals surface area (Å²) in [5.74, 6) is 0.211. The molecule has 98 valence electrons. The van der Waals surface area contributed by atoms with Gasteiger partial charge in [-0.15, -0.1) is 0 Å². The number of methoxy groups -OCH3 is 2. The van der Waals surface area contributed by atoms with Gasteiger partial charge in [0.05, 0.1) is 14.2 Å². The van der Waals surface area contributed by atoms with Crippen LogP contribution in [0.3, 0.4) is 0 Å². The molecule has 18 heavy (non-hydrogen) atoms. The first-order valence-corrected chi connectivity index (χ1v) is 5.38. The van der Waals surface area contributed by atoms with Crippen LogP contribution in [0.1, 0.15) is 16.7 Å². The summed E-state index contributed by atoms with van der Waals surface area (Å²) in [5.41, 5.74) is 2.61. The number of esters is 1. The number of hydrogen-bond acceptors (Lipinski definition) is 5.